The summed E-state index contributed by atoms with van der Waals surface area (Å²) in [6.45, 7) is 1.73. The number of alkyl carbamates (subject to hydrolysis) is 1. The number of carbonyl (C=O) groups excluding carboxylic acids is 2. The first-order chi connectivity index (χ1) is 11.9. The topological polar surface area (TPSA) is 93.5 Å². The van der Waals surface area contributed by atoms with E-state index < -0.39 is 23.5 Å². The van der Waals surface area contributed by atoms with Crippen molar-refractivity contribution in [1.29, 1.82) is 0 Å². The molecule has 1 aromatic rings. The van der Waals surface area contributed by atoms with Crippen LogP contribution >= 0.6 is 11.8 Å². The molecule has 2 amide bonds. The zero-order valence-electron chi connectivity index (χ0n) is 14.0. The van der Waals surface area contributed by atoms with Crippen LogP contribution in [0, 0.1) is 5.82 Å². The lowest BCUT2D eigenvalue weighted by Crippen LogP contribution is -2.49. The molecule has 0 saturated carbocycles. The summed E-state index contributed by atoms with van der Waals surface area (Å²) in [4.78, 5) is 23.5. The molecular weight excluding hydrogens is 345 g/mol. The summed E-state index contributed by atoms with van der Waals surface area (Å²) in [6.07, 6.45) is 0.511. The van der Waals surface area contributed by atoms with Crippen LogP contribution in [-0.2, 0) is 14.9 Å². The second-order valence-electron chi connectivity index (χ2n) is 6.53. The summed E-state index contributed by atoms with van der Waals surface area (Å²) in [7, 11) is 0. The minimum Gasteiger partial charge on any atom is -0.443 e. The molecule has 3 atom stereocenters. The minimum absolute atomic E-state index is 0.0464. The highest BCUT2D eigenvalue weighted by Crippen LogP contribution is 2.34. The Morgan fingerprint density at radius 1 is 1.48 bits per heavy atom. The normalized spacial score (nSPS) is 26.2. The number of thioether (sulfide) groups is 1. The van der Waals surface area contributed by atoms with E-state index in [9.17, 15) is 14.0 Å². The molecule has 0 aliphatic carbocycles. The Labute approximate surface area is 150 Å². The van der Waals surface area contributed by atoms with E-state index in [1.807, 2.05) is 0 Å². The van der Waals surface area contributed by atoms with E-state index in [1.54, 1.807) is 30.8 Å². The largest absolute Gasteiger partial charge is 0.443 e. The molecule has 2 aliphatic heterocycles. The third-order valence-corrected chi connectivity index (χ3v) is 5.97. The van der Waals surface area contributed by atoms with Crippen molar-refractivity contribution in [2.45, 2.75) is 37.3 Å². The highest BCUT2D eigenvalue weighted by Gasteiger charge is 2.47. The maximum absolute atomic E-state index is 14.8. The van der Waals surface area contributed by atoms with Crippen molar-refractivity contribution >= 4 is 23.8 Å². The summed E-state index contributed by atoms with van der Waals surface area (Å²) in [6, 6.07) is 4.69. The van der Waals surface area contributed by atoms with Crippen LogP contribution in [0.3, 0.4) is 0 Å². The van der Waals surface area contributed by atoms with Crippen LogP contribution in [0.25, 0.3) is 0 Å². The number of carbonyl (C=O) groups is 2. The number of benzene rings is 1. The van der Waals surface area contributed by atoms with Gasteiger partial charge in [-0.1, -0.05) is 12.1 Å². The predicted octanol–water partition coefficient (Wildman–Crippen LogP) is 1.79. The fourth-order valence-electron chi connectivity index (χ4n) is 3.32. The van der Waals surface area contributed by atoms with Gasteiger partial charge >= 0.3 is 6.09 Å². The highest BCUT2D eigenvalue weighted by molar-refractivity contribution is 7.99. The lowest BCUT2D eigenvalue weighted by molar-refractivity contribution is -0.126. The van der Waals surface area contributed by atoms with Gasteiger partial charge in [0, 0.05) is 17.5 Å². The average molecular weight is 367 g/mol. The van der Waals surface area contributed by atoms with Crippen LogP contribution in [0.1, 0.15) is 36.9 Å². The second-order valence-corrected chi connectivity index (χ2v) is 7.63. The summed E-state index contributed by atoms with van der Waals surface area (Å²) in [5, 5.41) is 5.84. The standard InChI is InChI=1S/C17H22FN3O3S/c1-17(15(19)22,14-8-20-16(23)24-14)10-4-5-11(12(18)7-10)13-3-2-6-25-9-21-13/h4-5,7,13-14,21H,2-3,6,8-9H2,1H3,(H2,19,22)(H,20,23). The Morgan fingerprint density at radius 2 is 2.28 bits per heavy atom. The van der Waals surface area contributed by atoms with E-state index in [-0.39, 0.29) is 18.4 Å². The van der Waals surface area contributed by atoms with E-state index in [0.717, 1.165) is 24.5 Å². The minimum atomic E-state index is -1.30. The third kappa shape index (κ3) is 3.46. The van der Waals surface area contributed by atoms with Gasteiger partial charge in [-0.15, -0.1) is 11.8 Å². The number of hydrogen-bond acceptors (Lipinski definition) is 5. The van der Waals surface area contributed by atoms with E-state index >= 15 is 0 Å². The lowest BCUT2D eigenvalue weighted by atomic mass is 9.76. The molecule has 0 bridgehead atoms. The summed E-state index contributed by atoms with van der Waals surface area (Å²) >= 11 is 1.80. The van der Waals surface area contributed by atoms with Crippen LogP contribution in [0.4, 0.5) is 9.18 Å². The molecule has 2 heterocycles. The van der Waals surface area contributed by atoms with Gasteiger partial charge in [0.1, 0.15) is 17.3 Å². The summed E-state index contributed by atoms with van der Waals surface area (Å²) in [5.74, 6) is 0.800. The van der Waals surface area contributed by atoms with Crippen molar-refractivity contribution in [3.05, 3.63) is 35.1 Å². The van der Waals surface area contributed by atoms with E-state index in [1.165, 1.54) is 6.07 Å². The number of rotatable bonds is 4. The van der Waals surface area contributed by atoms with Crippen LogP contribution in [0.15, 0.2) is 18.2 Å². The highest BCUT2D eigenvalue weighted by atomic mass is 32.2. The van der Waals surface area contributed by atoms with Crippen LogP contribution in [-0.4, -0.2) is 36.3 Å². The van der Waals surface area contributed by atoms with Gasteiger partial charge in [0.05, 0.1) is 6.54 Å². The quantitative estimate of drug-likeness (QED) is 0.754. The summed E-state index contributed by atoms with van der Waals surface area (Å²) < 4.78 is 20.0. The molecule has 2 aliphatic rings. The zero-order valence-corrected chi connectivity index (χ0v) is 14.8. The molecule has 3 rings (SSSR count). The molecular formula is C17H22FN3O3S. The number of amides is 2. The monoisotopic (exact) mass is 367 g/mol. The first-order valence-electron chi connectivity index (χ1n) is 8.28. The molecule has 0 aromatic heterocycles. The van der Waals surface area contributed by atoms with E-state index in [2.05, 4.69) is 10.6 Å². The number of nitrogens with two attached hydrogens (primary N) is 1. The van der Waals surface area contributed by atoms with Crippen molar-refractivity contribution in [2.75, 3.05) is 18.2 Å². The number of primary amides is 1. The first kappa shape index (κ1) is 18.0. The second kappa shape index (κ2) is 7.21. The molecule has 8 heteroatoms. The average Bonchev–Trinajstić information content (AvgIpc) is 2.85. The fraction of sp³-hybridized carbons (Fsp3) is 0.529. The van der Waals surface area contributed by atoms with Gasteiger partial charge in [-0.3, -0.25) is 4.79 Å². The van der Waals surface area contributed by atoms with Crippen LogP contribution < -0.4 is 16.4 Å². The zero-order chi connectivity index (χ0) is 18.0. The predicted molar refractivity (Wildman–Crippen MR) is 93.7 cm³/mol. The Kier molecular flexibility index (Phi) is 5.19. The fourth-order valence-corrected chi connectivity index (χ4v) is 4.15. The van der Waals surface area contributed by atoms with Crippen molar-refractivity contribution in [3.8, 4) is 0 Å². The Bertz CT molecular complexity index is 679. The third-order valence-electron chi connectivity index (χ3n) is 5.03. The van der Waals surface area contributed by atoms with Crippen molar-refractivity contribution in [3.63, 3.8) is 0 Å². The van der Waals surface area contributed by atoms with Gasteiger partial charge < -0.3 is 21.1 Å². The molecule has 0 radical (unpaired) electrons. The number of hydrogen-bond donors (Lipinski definition) is 3. The Morgan fingerprint density at radius 3 is 2.92 bits per heavy atom. The lowest BCUT2D eigenvalue weighted by Gasteiger charge is -2.31. The van der Waals surface area contributed by atoms with Gasteiger partial charge in [0.25, 0.3) is 0 Å². The molecule has 2 fully saturated rings. The molecule has 1 aromatic carbocycles. The van der Waals surface area contributed by atoms with Crippen molar-refractivity contribution < 1.29 is 18.7 Å². The number of nitrogens with one attached hydrogen (secondary N) is 2. The number of halogens is 1. The molecule has 136 valence electrons. The molecule has 2 saturated heterocycles. The first-order valence-corrected chi connectivity index (χ1v) is 9.44. The number of cyclic esters (lactones) is 1. The Balaban J connectivity index is 1.91. The van der Waals surface area contributed by atoms with Crippen LogP contribution in [0.5, 0.6) is 0 Å². The molecule has 3 unspecified atom stereocenters. The summed E-state index contributed by atoms with van der Waals surface area (Å²) in [5.41, 5.74) is 5.28. The molecule has 0 spiro atoms. The van der Waals surface area contributed by atoms with Gasteiger partial charge in [0.2, 0.25) is 5.91 Å². The van der Waals surface area contributed by atoms with Crippen molar-refractivity contribution in [1.82, 2.24) is 10.6 Å². The molecule has 6 nitrogen and oxygen atoms in total. The SMILES string of the molecule is CC(C(N)=O)(c1ccc(C2CCCSCN2)c(F)c1)C1CNC(=O)O1. The van der Waals surface area contributed by atoms with Gasteiger partial charge in [-0.05, 0) is 37.1 Å². The smallest absolute Gasteiger partial charge is 0.407 e. The molecule has 25 heavy (non-hydrogen) atoms. The van der Waals surface area contributed by atoms with Gasteiger partial charge in [-0.25, -0.2) is 9.18 Å². The molecule has 4 N–H and O–H groups in total. The Hall–Kier alpha value is -1.80. The van der Waals surface area contributed by atoms with Crippen LogP contribution in [0.2, 0.25) is 0 Å². The van der Waals surface area contributed by atoms with E-state index in [0.29, 0.717) is 11.1 Å². The van der Waals surface area contributed by atoms with Crippen molar-refractivity contribution in [2.24, 2.45) is 5.73 Å². The van der Waals surface area contributed by atoms with E-state index in [4.69, 9.17) is 10.5 Å². The maximum Gasteiger partial charge on any atom is 0.407 e. The van der Waals surface area contributed by atoms with Gasteiger partial charge in [-0.2, -0.15) is 0 Å². The number of ether oxygens (including phenoxy) is 1. The maximum atomic E-state index is 14.8. The van der Waals surface area contributed by atoms with Gasteiger partial charge in [0.15, 0.2) is 0 Å².